The van der Waals surface area contributed by atoms with E-state index in [2.05, 4.69) is 158 Å². The van der Waals surface area contributed by atoms with Gasteiger partial charge in [0, 0.05) is 50.6 Å². The van der Waals surface area contributed by atoms with Crippen molar-refractivity contribution >= 4 is 93.0 Å². The minimum absolute atomic E-state index is 0.286. The molecule has 0 atom stereocenters. The molecule has 0 bridgehead atoms. The van der Waals surface area contributed by atoms with E-state index in [4.69, 9.17) is 4.74 Å². The van der Waals surface area contributed by atoms with E-state index >= 15 is 8.78 Å². The lowest BCUT2D eigenvalue weighted by Crippen LogP contribution is -2.37. The number of anilines is 6. The highest BCUT2D eigenvalue weighted by Gasteiger charge is 2.30. The molecule has 1 heterocycles. The molecule has 0 N–H and O–H groups in total. The topological polar surface area (TPSA) is 15.7 Å². The summed E-state index contributed by atoms with van der Waals surface area (Å²) in [5.41, 5.74) is 11.1. The average Bonchev–Trinajstić information content (AvgIpc) is 3.40. The first-order valence-corrected chi connectivity index (χ1v) is 32.0. The summed E-state index contributed by atoms with van der Waals surface area (Å²) in [7, 11) is -3.80. The lowest BCUT2D eigenvalue weighted by Gasteiger charge is -2.31. The van der Waals surface area contributed by atoms with Crippen LogP contribution < -0.4 is 24.9 Å². The first kappa shape index (κ1) is 46.0. The van der Waals surface area contributed by atoms with Crippen LogP contribution in [-0.2, 0) is 0 Å². The van der Waals surface area contributed by atoms with Gasteiger partial charge in [0.2, 0.25) is 0 Å². The van der Waals surface area contributed by atoms with Crippen molar-refractivity contribution in [1.82, 2.24) is 0 Å². The number of nitrogens with zero attached hydrogens (tertiary/aromatic N) is 2. The third kappa shape index (κ3) is 8.28. The molecule has 0 aromatic heterocycles. The summed E-state index contributed by atoms with van der Waals surface area (Å²) < 4.78 is 38.0. The lowest BCUT2D eigenvalue weighted by atomic mass is 9.88. The van der Waals surface area contributed by atoms with Crippen molar-refractivity contribution < 1.29 is 13.5 Å². The molecule has 0 saturated carbocycles. The molecule has 73 heavy (non-hydrogen) atoms. The number of para-hydroxylation sites is 2. The third-order valence-electron chi connectivity index (χ3n) is 14.4. The Balaban J connectivity index is 1.14. The van der Waals surface area contributed by atoms with E-state index in [1.165, 1.54) is 21.8 Å². The number of rotatable bonds is 10. The van der Waals surface area contributed by atoms with E-state index in [0.717, 1.165) is 106 Å². The van der Waals surface area contributed by atoms with Gasteiger partial charge in [0.1, 0.15) is 23.1 Å². The summed E-state index contributed by atoms with van der Waals surface area (Å²) in [5, 5.41) is 9.43. The number of fused-ring (bicyclic) bond motifs is 6. The third-order valence-corrected chi connectivity index (χ3v) is 18.5. The Morgan fingerprint density at radius 1 is 0.329 bits per heavy atom. The molecule has 12 rings (SSSR count). The van der Waals surface area contributed by atoms with Crippen molar-refractivity contribution in [3.63, 3.8) is 0 Å². The van der Waals surface area contributed by atoms with Crippen LogP contribution in [0.4, 0.5) is 42.9 Å². The van der Waals surface area contributed by atoms with Crippen LogP contribution >= 0.6 is 0 Å². The van der Waals surface area contributed by atoms with Crippen LogP contribution in [0, 0.1) is 11.6 Å². The van der Waals surface area contributed by atoms with Gasteiger partial charge in [0.15, 0.2) is 0 Å². The molecule has 0 saturated heterocycles. The van der Waals surface area contributed by atoms with Crippen LogP contribution in [0.3, 0.4) is 0 Å². The molecule has 0 aliphatic carbocycles. The normalized spacial score (nSPS) is 12.2. The Kier molecular flexibility index (Phi) is 11.3. The van der Waals surface area contributed by atoms with Crippen molar-refractivity contribution in [1.29, 1.82) is 0 Å². The number of halogens is 2. The Morgan fingerprint density at radius 3 is 1.41 bits per heavy atom. The van der Waals surface area contributed by atoms with Gasteiger partial charge in [-0.3, -0.25) is 0 Å². The Hall–Kier alpha value is -8.11. The second kappa shape index (κ2) is 17.9. The fourth-order valence-electron chi connectivity index (χ4n) is 10.7. The fraction of sp³-hybridized carbons (Fsp3) is 0.0909. The van der Waals surface area contributed by atoms with Crippen LogP contribution in [0.15, 0.2) is 218 Å². The predicted octanol–water partition coefficient (Wildman–Crippen LogP) is 18.6. The van der Waals surface area contributed by atoms with E-state index in [-0.39, 0.29) is 11.6 Å². The summed E-state index contributed by atoms with van der Waals surface area (Å²) >= 11 is 0. The van der Waals surface area contributed by atoms with Gasteiger partial charge < -0.3 is 14.5 Å². The van der Waals surface area contributed by atoms with Gasteiger partial charge in [-0.05, 0) is 129 Å². The number of hydrogen-bond donors (Lipinski definition) is 0. The molecule has 0 fully saturated rings. The quantitative estimate of drug-likeness (QED) is 0.100. The van der Waals surface area contributed by atoms with Crippen molar-refractivity contribution in [3.8, 4) is 44.9 Å². The summed E-state index contributed by atoms with van der Waals surface area (Å²) in [6.07, 6.45) is 0. The average molecular weight is 985 g/mol. The van der Waals surface area contributed by atoms with E-state index in [1.54, 1.807) is 18.2 Å². The summed E-state index contributed by atoms with van der Waals surface area (Å²) in [6, 6.07) is 74.2. The molecule has 11 aromatic rings. The number of ether oxygens (including phenoxy) is 1. The summed E-state index contributed by atoms with van der Waals surface area (Å²) in [6.45, 7) is 14.4. The predicted molar refractivity (Wildman–Crippen MR) is 311 cm³/mol. The van der Waals surface area contributed by atoms with Gasteiger partial charge in [-0.2, -0.15) is 0 Å². The van der Waals surface area contributed by atoms with Crippen LogP contribution in [0.2, 0.25) is 39.3 Å². The largest absolute Gasteiger partial charge is 0.456 e. The maximum atomic E-state index is 15.5. The monoisotopic (exact) mass is 984 g/mol. The molecule has 1 aliphatic heterocycles. The van der Waals surface area contributed by atoms with Crippen molar-refractivity contribution in [2.45, 2.75) is 39.3 Å². The smallest absolute Gasteiger partial charge is 0.137 e. The minimum atomic E-state index is -1.97. The standard InChI is InChI=1S/C66H54F2N2OSi2/c1-72(2,3)50-30-32-52-56(38-50)57-41-60-53-31-29-49(69(47-23-15-9-16-24-47)61-33-27-45(67)35-54(61)43-19-11-7-12-20-43)37-64(53)71-65-40-51(73(4,5)6)39-59(66(60)65)58(57)42-63(52)70(48-25-17-10-18-26-48)62-34-28-46(68)36-55(62)44-21-13-8-14-22-44/h7-42H,1-6H3. The first-order valence-electron chi connectivity index (χ1n) is 25.0. The number of benzene rings is 11. The Morgan fingerprint density at radius 2 is 0.836 bits per heavy atom. The van der Waals surface area contributed by atoms with Crippen molar-refractivity contribution in [2.24, 2.45) is 0 Å². The highest BCUT2D eigenvalue weighted by molar-refractivity contribution is 6.89. The Bertz CT molecular complexity index is 3930. The van der Waals surface area contributed by atoms with E-state index in [0.29, 0.717) is 0 Å². The molecule has 3 nitrogen and oxygen atoms in total. The highest BCUT2D eigenvalue weighted by atomic mass is 28.3. The molecule has 0 spiro atoms. The molecular formula is C66H54F2N2OSi2. The van der Waals surface area contributed by atoms with Gasteiger partial charge in [-0.1, -0.05) is 171 Å². The second-order valence-corrected chi connectivity index (χ2v) is 31.4. The van der Waals surface area contributed by atoms with Gasteiger partial charge in [-0.15, -0.1) is 0 Å². The van der Waals surface area contributed by atoms with Gasteiger partial charge in [0.25, 0.3) is 0 Å². The zero-order valence-electron chi connectivity index (χ0n) is 41.8. The number of hydrogen-bond acceptors (Lipinski definition) is 3. The Labute approximate surface area is 428 Å². The van der Waals surface area contributed by atoms with E-state index < -0.39 is 16.1 Å². The lowest BCUT2D eigenvalue weighted by molar-refractivity contribution is 0.487. The van der Waals surface area contributed by atoms with E-state index in [9.17, 15) is 0 Å². The molecular weight excluding hydrogens is 931 g/mol. The minimum Gasteiger partial charge on any atom is -0.456 e. The molecule has 7 heteroatoms. The van der Waals surface area contributed by atoms with Gasteiger partial charge in [-0.25, -0.2) is 8.78 Å². The fourth-order valence-corrected chi connectivity index (χ4v) is 13.0. The van der Waals surface area contributed by atoms with Crippen LogP contribution in [0.1, 0.15) is 0 Å². The first-order chi connectivity index (χ1) is 35.3. The molecule has 1 aliphatic rings. The second-order valence-electron chi connectivity index (χ2n) is 21.3. The highest BCUT2D eigenvalue weighted by Crippen LogP contribution is 2.54. The molecule has 11 aromatic carbocycles. The summed E-state index contributed by atoms with van der Waals surface area (Å²) in [5.74, 6) is 1.00. The van der Waals surface area contributed by atoms with Crippen LogP contribution in [-0.4, -0.2) is 16.1 Å². The van der Waals surface area contributed by atoms with Crippen LogP contribution in [0.25, 0.3) is 65.7 Å². The molecule has 356 valence electrons. The summed E-state index contributed by atoms with van der Waals surface area (Å²) in [4.78, 5) is 4.52. The zero-order valence-corrected chi connectivity index (χ0v) is 43.8. The van der Waals surface area contributed by atoms with Gasteiger partial charge in [0.05, 0.1) is 33.2 Å². The maximum Gasteiger partial charge on any atom is 0.137 e. The zero-order chi connectivity index (χ0) is 50.2. The van der Waals surface area contributed by atoms with Crippen LogP contribution in [0.5, 0.6) is 11.5 Å². The van der Waals surface area contributed by atoms with Crippen molar-refractivity contribution in [2.75, 3.05) is 9.80 Å². The SMILES string of the molecule is C[Si](C)(C)c1ccc2c(N(c3ccccc3)c3ccc(F)cc3-c3ccccc3)cc3c4cc([Si](C)(C)C)cc5c4c(cc3c2c1)-c1ccc(N(c2ccccc2)c2ccc(F)cc2-c2ccccc2)cc1O5. The molecule has 0 radical (unpaired) electrons. The maximum absolute atomic E-state index is 15.5. The van der Waals surface area contributed by atoms with E-state index in [1.807, 2.05) is 84.9 Å². The van der Waals surface area contributed by atoms with Crippen molar-refractivity contribution in [3.05, 3.63) is 230 Å². The van der Waals surface area contributed by atoms with Gasteiger partial charge >= 0.3 is 0 Å². The molecule has 0 amide bonds. The molecule has 0 unspecified atom stereocenters.